The molecule has 0 radical (unpaired) electrons. The zero-order chi connectivity index (χ0) is 19.3. The zero-order valence-corrected chi connectivity index (χ0v) is 16.0. The van der Waals surface area contributed by atoms with Crippen molar-refractivity contribution in [2.45, 2.75) is 24.7 Å². The highest BCUT2D eigenvalue weighted by molar-refractivity contribution is 7.89. The highest BCUT2D eigenvalue weighted by Gasteiger charge is 2.12. The summed E-state index contributed by atoms with van der Waals surface area (Å²) in [5.41, 5.74) is 3.17. The van der Waals surface area contributed by atoms with E-state index in [9.17, 15) is 13.2 Å². The second-order valence-corrected chi connectivity index (χ2v) is 8.23. The van der Waals surface area contributed by atoms with E-state index in [1.165, 1.54) is 0 Å². The normalized spacial score (nSPS) is 11.6. The molecule has 0 aliphatic heterocycles. The van der Waals surface area contributed by atoms with Crippen molar-refractivity contribution in [3.63, 3.8) is 0 Å². The van der Waals surface area contributed by atoms with Crippen LogP contribution in [0.15, 0.2) is 59.6 Å². The van der Waals surface area contributed by atoms with Gasteiger partial charge < -0.3 is 10.3 Å². The van der Waals surface area contributed by atoms with Crippen LogP contribution < -0.4 is 10.0 Å². The summed E-state index contributed by atoms with van der Waals surface area (Å²) in [5.74, 6) is -0.0984. The van der Waals surface area contributed by atoms with Gasteiger partial charge in [0.05, 0.1) is 4.90 Å². The molecule has 0 unspecified atom stereocenters. The van der Waals surface area contributed by atoms with Gasteiger partial charge in [-0.05, 0) is 54.6 Å². The van der Waals surface area contributed by atoms with Crippen molar-refractivity contribution >= 4 is 26.8 Å². The summed E-state index contributed by atoms with van der Waals surface area (Å²) in [4.78, 5) is 15.3. The number of carbonyl (C=O) groups is 1. The van der Waals surface area contributed by atoms with Gasteiger partial charge in [-0.15, -0.1) is 0 Å². The molecular formula is C20H23N3O3S. The van der Waals surface area contributed by atoms with Gasteiger partial charge in [0.1, 0.15) is 0 Å². The second kappa shape index (κ2) is 8.37. The molecule has 1 amide bonds. The SMILES string of the molecule is Cc1ccc(S(=O)(=O)NCCNC(=O)CCc2ccc3[nH]ccc3c2)cc1. The first-order valence-corrected chi connectivity index (χ1v) is 10.3. The number of aromatic nitrogens is 1. The summed E-state index contributed by atoms with van der Waals surface area (Å²) in [7, 11) is -3.55. The number of hydrogen-bond acceptors (Lipinski definition) is 3. The summed E-state index contributed by atoms with van der Waals surface area (Å²) < 4.78 is 26.8. The molecule has 0 aliphatic rings. The van der Waals surface area contributed by atoms with Crippen LogP contribution in [0.3, 0.4) is 0 Å². The van der Waals surface area contributed by atoms with Crippen molar-refractivity contribution < 1.29 is 13.2 Å². The highest BCUT2D eigenvalue weighted by atomic mass is 32.2. The van der Waals surface area contributed by atoms with Gasteiger partial charge in [-0.25, -0.2) is 13.1 Å². The van der Waals surface area contributed by atoms with Crippen molar-refractivity contribution in [3.8, 4) is 0 Å². The first-order valence-electron chi connectivity index (χ1n) is 8.83. The number of hydrogen-bond donors (Lipinski definition) is 3. The lowest BCUT2D eigenvalue weighted by Gasteiger charge is -2.08. The Balaban J connectivity index is 1.40. The monoisotopic (exact) mass is 385 g/mol. The molecule has 2 aromatic carbocycles. The molecule has 0 atom stereocenters. The molecule has 7 heteroatoms. The third-order valence-corrected chi connectivity index (χ3v) is 5.81. The number of fused-ring (bicyclic) bond motifs is 1. The lowest BCUT2D eigenvalue weighted by molar-refractivity contribution is -0.121. The molecule has 27 heavy (non-hydrogen) atoms. The summed E-state index contributed by atoms with van der Waals surface area (Å²) in [5, 5.41) is 3.87. The predicted molar refractivity (Wildman–Crippen MR) is 106 cm³/mol. The fraction of sp³-hybridized carbons (Fsp3) is 0.250. The molecule has 0 saturated heterocycles. The molecule has 1 heterocycles. The first-order chi connectivity index (χ1) is 12.9. The predicted octanol–water partition coefficient (Wildman–Crippen LogP) is 2.50. The standard InChI is InChI=1S/C20H23N3O3S/c1-15-2-6-18(7-3-15)27(25,26)23-13-12-22-20(24)9-5-16-4-8-19-17(14-16)10-11-21-19/h2-4,6-8,10-11,14,21,23H,5,9,12-13H2,1H3,(H,22,24). The third-order valence-electron chi connectivity index (χ3n) is 4.33. The molecule has 0 aliphatic carbocycles. The Morgan fingerprint density at radius 1 is 1.04 bits per heavy atom. The highest BCUT2D eigenvalue weighted by Crippen LogP contribution is 2.15. The largest absolute Gasteiger partial charge is 0.361 e. The van der Waals surface area contributed by atoms with E-state index in [2.05, 4.69) is 21.1 Å². The van der Waals surface area contributed by atoms with E-state index in [4.69, 9.17) is 0 Å². The van der Waals surface area contributed by atoms with Crippen molar-refractivity contribution in [1.82, 2.24) is 15.0 Å². The number of H-pyrrole nitrogens is 1. The van der Waals surface area contributed by atoms with E-state index in [1.807, 2.05) is 31.3 Å². The summed E-state index contributed by atoms with van der Waals surface area (Å²) in [6.07, 6.45) is 2.89. The summed E-state index contributed by atoms with van der Waals surface area (Å²) >= 11 is 0. The lowest BCUT2D eigenvalue weighted by atomic mass is 10.1. The topological polar surface area (TPSA) is 91.1 Å². The van der Waals surface area contributed by atoms with Crippen LogP contribution in [0.2, 0.25) is 0 Å². The number of benzene rings is 2. The van der Waals surface area contributed by atoms with Crippen molar-refractivity contribution in [2.24, 2.45) is 0 Å². The van der Waals surface area contributed by atoms with Gasteiger partial charge >= 0.3 is 0 Å². The zero-order valence-electron chi connectivity index (χ0n) is 15.2. The Kier molecular flexibility index (Phi) is 5.93. The Morgan fingerprint density at radius 3 is 2.59 bits per heavy atom. The van der Waals surface area contributed by atoms with Crippen LogP contribution in [0.5, 0.6) is 0 Å². The Morgan fingerprint density at radius 2 is 1.81 bits per heavy atom. The van der Waals surface area contributed by atoms with Gasteiger partial charge in [0.2, 0.25) is 15.9 Å². The van der Waals surface area contributed by atoms with Crippen LogP contribution in [0, 0.1) is 6.92 Å². The number of rotatable bonds is 8. The molecule has 6 nitrogen and oxygen atoms in total. The fourth-order valence-electron chi connectivity index (χ4n) is 2.79. The molecule has 1 aromatic heterocycles. The molecule has 3 N–H and O–H groups in total. The van der Waals surface area contributed by atoms with Gasteiger partial charge in [0.15, 0.2) is 0 Å². The number of amides is 1. The molecule has 0 saturated carbocycles. The average Bonchev–Trinajstić information content (AvgIpc) is 3.12. The van der Waals surface area contributed by atoms with Crippen molar-refractivity contribution in [2.75, 3.05) is 13.1 Å². The molecule has 3 rings (SSSR count). The number of aromatic amines is 1. The third kappa shape index (κ3) is 5.18. The minimum Gasteiger partial charge on any atom is -0.361 e. The molecule has 0 fully saturated rings. The van der Waals surface area contributed by atoms with Crippen LogP contribution in [-0.4, -0.2) is 32.4 Å². The maximum Gasteiger partial charge on any atom is 0.240 e. The quantitative estimate of drug-likeness (QED) is 0.520. The maximum atomic E-state index is 12.2. The summed E-state index contributed by atoms with van der Waals surface area (Å²) in [6, 6.07) is 14.7. The van der Waals surface area contributed by atoms with Crippen LogP contribution in [0.1, 0.15) is 17.5 Å². The number of aryl methyl sites for hydroxylation is 2. The molecule has 142 valence electrons. The lowest BCUT2D eigenvalue weighted by Crippen LogP contribution is -2.34. The van der Waals surface area contributed by atoms with E-state index in [0.717, 1.165) is 22.0 Å². The molecule has 0 bridgehead atoms. The van der Waals surface area contributed by atoms with E-state index >= 15 is 0 Å². The van der Waals surface area contributed by atoms with Gasteiger partial charge in [-0.1, -0.05) is 23.8 Å². The van der Waals surface area contributed by atoms with Crippen LogP contribution in [-0.2, 0) is 21.2 Å². The van der Waals surface area contributed by atoms with Gasteiger partial charge in [-0.3, -0.25) is 4.79 Å². The Hall–Kier alpha value is -2.64. The second-order valence-electron chi connectivity index (χ2n) is 6.46. The Bertz CT molecular complexity index is 1020. The maximum absolute atomic E-state index is 12.2. The molecule has 3 aromatic rings. The minimum atomic E-state index is -3.55. The Labute approximate surface area is 159 Å². The molecular weight excluding hydrogens is 362 g/mol. The smallest absolute Gasteiger partial charge is 0.240 e. The number of nitrogens with one attached hydrogen (secondary N) is 3. The van der Waals surface area contributed by atoms with Crippen LogP contribution >= 0.6 is 0 Å². The molecule has 0 spiro atoms. The fourth-order valence-corrected chi connectivity index (χ4v) is 3.82. The van der Waals surface area contributed by atoms with Crippen LogP contribution in [0.25, 0.3) is 10.9 Å². The van der Waals surface area contributed by atoms with Gasteiger partial charge in [-0.2, -0.15) is 0 Å². The van der Waals surface area contributed by atoms with Crippen LogP contribution in [0.4, 0.5) is 0 Å². The summed E-state index contributed by atoms with van der Waals surface area (Å²) in [6.45, 7) is 2.30. The van der Waals surface area contributed by atoms with E-state index in [0.29, 0.717) is 12.8 Å². The minimum absolute atomic E-state index is 0.0984. The van der Waals surface area contributed by atoms with Crippen molar-refractivity contribution in [1.29, 1.82) is 0 Å². The van der Waals surface area contributed by atoms with E-state index in [-0.39, 0.29) is 23.9 Å². The van der Waals surface area contributed by atoms with Gasteiger partial charge in [0.25, 0.3) is 0 Å². The van der Waals surface area contributed by atoms with Gasteiger partial charge in [0, 0.05) is 31.2 Å². The van der Waals surface area contributed by atoms with E-state index in [1.54, 1.807) is 24.3 Å². The van der Waals surface area contributed by atoms with Crippen molar-refractivity contribution in [3.05, 3.63) is 65.9 Å². The average molecular weight is 385 g/mol. The first kappa shape index (κ1) is 19.1. The van der Waals surface area contributed by atoms with E-state index < -0.39 is 10.0 Å². The number of carbonyl (C=O) groups excluding carboxylic acids is 1. The number of sulfonamides is 1.